The molecule has 0 bridgehead atoms. The second-order valence-corrected chi connectivity index (χ2v) is 12.4. The highest BCUT2D eigenvalue weighted by molar-refractivity contribution is 7.99. The largest absolute Gasteiger partial charge is 0.507 e. The van der Waals surface area contributed by atoms with Crippen molar-refractivity contribution >= 4 is 45.0 Å². The van der Waals surface area contributed by atoms with Crippen LogP contribution in [0.3, 0.4) is 0 Å². The number of benzene rings is 4. The first-order valence-corrected chi connectivity index (χ1v) is 15.5. The zero-order valence-electron chi connectivity index (χ0n) is 24.2. The van der Waals surface area contributed by atoms with Crippen LogP contribution in [0.25, 0.3) is 32.8 Å². The van der Waals surface area contributed by atoms with Crippen molar-refractivity contribution in [1.29, 1.82) is 0 Å². The van der Waals surface area contributed by atoms with Gasteiger partial charge < -0.3 is 15.2 Å². The second kappa shape index (κ2) is 13.2. The Kier molecular flexibility index (Phi) is 9.60. The van der Waals surface area contributed by atoms with E-state index in [-0.39, 0.29) is 49.5 Å². The molecular formula is C34H32ClF3N2O3S. The number of aromatic nitrogens is 1. The molecule has 10 heteroatoms. The summed E-state index contributed by atoms with van der Waals surface area (Å²) in [6.45, 7) is 2.88. The van der Waals surface area contributed by atoms with Gasteiger partial charge in [0.2, 0.25) is 0 Å². The molecule has 3 N–H and O–H groups in total. The lowest BCUT2D eigenvalue weighted by Gasteiger charge is -2.26. The minimum Gasteiger partial charge on any atom is -0.507 e. The number of nitrogens with one attached hydrogen (secondary N) is 1. The van der Waals surface area contributed by atoms with E-state index in [0.29, 0.717) is 12.8 Å². The molecule has 0 fully saturated rings. The number of nitrogens with zero attached hydrogens (tertiary/aromatic N) is 1. The SMILES string of the molecule is CC(c1cccc2ccccc12)N(C)CCCC(O)CSc1c(-c2cc(Cl)ccc2O)c2cc(C(F)(F)F)ccc2[nH]c1=O. The molecular weight excluding hydrogens is 609 g/mol. The van der Waals surface area contributed by atoms with Crippen LogP contribution in [-0.4, -0.2) is 45.5 Å². The monoisotopic (exact) mass is 640 g/mol. The molecule has 44 heavy (non-hydrogen) atoms. The van der Waals surface area contributed by atoms with Gasteiger partial charge in [-0.3, -0.25) is 9.69 Å². The summed E-state index contributed by atoms with van der Waals surface area (Å²) in [5.74, 6) is -0.103. The van der Waals surface area contributed by atoms with Gasteiger partial charge in [-0.1, -0.05) is 54.1 Å². The van der Waals surface area contributed by atoms with Crippen LogP contribution in [0.2, 0.25) is 5.02 Å². The number of H-pyrrole nitrogens is 1. The Labute approximate surface area is 262 Å². The smallest absolute Gasteiger partial charge is 0.416 e. The number of aliphatic hydroxyl groups excluding tert-OH is 1. The number of rotatable bonds is 10. The van der Waals surface area contributed by atoms with E-state index < -0.39 is 23.4 Å². The van der Waals surface area contributed by atoms with Crippen molar-refractivity contribution in [3.8, 4) is 16.9 Å². The van der Waals surface area contributed by atoms with Crippen LogP contribution >= 0.6 is 23.4 Å². The molecule has 0 spiro atoms. The van der Waals surface area contributed by atoms with Crippen LogP contribution in [0.5, 0.6) is 5.75 Å². The molecule has 1 heterocycles. The molecule has 0 saturated heterocycles. The Balaban J connectivity index is 1.34. The number of hydrogen-bond acceptors (Lipinski definition) is 5. The minimum absolute atomic E-state index is 0.0927. The minimum atomic E-state index is -4.61. The second-order valence-electron chi connectivity index (χ2n) is 10.9. The van der Waals surface area contributed by atoms with Gasteiger partial charge in [-0.15, -0.1) is 11.8 Å². The average molecular weight is 641 g/mol. The van der Waals surface area contributed by atoms with Crippen LogP contribution in [0.4, 0.5) is 13.2 Å². The standard InChI is InChI=1S/C34H32ClF3N2O3S/c1-20(25-11-5-8-21-7-3-4-10-26(21)25)40(2)16-6-9-24(41)19-44-32-31(28-18-23(35)13-15-30(28)42)27-17-22(34(36,37)38)12-14-29(27)39-33(32)43/h3-5,7-8,10-15,17-18,20,24,41-42H,6,9,16,19H2,1-2H3,(H,39,43). The highest BCUT2D eigenvalue weighted by Gasteiger charge is 2.31. The van der Waals surface area contributed by atoms with Gasteiger partial charge in [-0.25, -0.2) is 0 Å². The van der Waals surface area contributed by atoms with E-state index in [1.54, 1.807) is 0 Å². The fraction of sp³-hybridized carbons (Fsp3) is 0.265. The normalized spacial score (nSPS) is 13.5. The topological polar surface area (TPSA) is 76.6 Å². The fourth-order valence-corrected chi connectivity index (χ4v) is 6.69. The molecule has 0 aliphatic rings. The molecule has 0 amide bonds. The van der Waals surface area contributed by atoms with Crippen molar-refractivity contribution in [3.63, 3.8) is 0 Å². The maximum absolute atomic E-state index is 13.6. The first-order valence-electron chi connectivity index (χ1n) is 14.2. The molecule has 2 atom stereocenters. The van der Waals surface area contributed by atoms with Gasteiger partial charge in [0.05, 0.1) is 16.6 Å². The third-order valence-electron chi connectivity index (χ3n) is 7.93. The quantitative estimate of drug-likeness (QED) is 0.133. The first-order chi connectivity index (χ1) is 20.9. The number of thioether (sulfide) groups is 1. The van der Waals surface area contributed by atoms with Crippen molar-refractivity contribution in [2.75, 3.05) is 19.3 Å². The number of fused-ring (bicyclic) bond motifs is 2. The Morgan fingerprint density at radius 1 is 1.00 bits per heavy atom. The molecule has 0 aliphatic carbocycles. The number of phenols is 1. The molecule has 4 aromatic carbocycles. The lowest BCUT2D eigenvalue weighted by molar-refractivity contribution is -0.137. The summed E-state index contributed by atoms with van der Waals surface area (Å²) >= 11 is 7.23. The predicted molar refractivity (Wildman–Crippen MR) is 173 cm³/mol. The van der Waals surface area contributed by atoms with E-state index in [0.717, 1.165) is 30.4 Å². The summed E-state index contributed by atoms with van der Waals surface area (Å²) in [5, 5.41) is 24.3. The summed E-state index contributed by atoms with van der Waals surface area (Å²) in [6, 6.07) is 21.9. The first kappa shape index (κ1) is 31.9. The molecule has 5 aromatic rings. The van der Waals surface area contributed by atoms with E-state index in [1.807, 2.05) is 19.2 Å². The lowest BCUT2D eigenvalue weighted by atomic mass is 9.98. The third kappa shape index (κ3) is 6.91. The van der Waals surface area contributed by atoms with E-state index in [9.17, 15) is 28.2 Å². The summed E-state index contributed by atoms with van der Waals surface area (Å²) in [7, 11) is 2.04. The Morgan fingerprint density at radius 3 is 2.52 bits per heavy atom. The molecule has 5 nitrogen and oxygen atoms in total. The summed E-state index contributed by atoms with van der Waals surface area (Å²) in [4.78, 5) is 18.2. The summed E-state index contributed by atoms with van der Waals surface area (Å²) < 4.78 is 40.9. The predicted octanol–water partition coefficient (Wildman–Crippen LogP) is 8.65. The van der Waals surface area contributed by atoms with Crippen LogP contribution in [-0.2, 0) is 6.18 Å². The Bertz CT molecular complexity index is 1860. The Morgan fingerprint density at radius 2 is 1.75 bits per heavy atom. The molecule has 2 unspecified atom stereocenters. The van der Waals surface area contributed by atoms with Gasteiger partial charge in [0.1, 0.15) is 5.75 Å². The van der Waals surface area contributed by atoms with Crippen molar-refractivity contribution in [2.24, 2.45) is 0 Å². The maximum Gasteiger partial charge on any atom is 0.416 e. The van der Waals surface area contributed by atoms with Crippen molar-refractivity contribution in [3.05, 3.63) is 105 Å². The molecule has 230 valence electrons. The third-order valence-corrected chi connectivity index (χ3v) is 9.39. The number of alkyl halides is 3. The molecule has 0 aliphatic heterocycles. The number of hydrogen-bond donors (Lipinski definition) is 3. The van der Waals surface area contributed by atoms with Crippen LogP contribution < -0.4 is 5.56 Å². The number of pyridine rings is 1. The van der Waals surface area contributed by atoms with Gasteiger partial charge in [-0.2, -0.15) is 13.2 Å². The number of aromatic amines is 1. The van der Waals surface area contributed by atoms with Gasteiger partial charge in [0.25, 0.3) is 5.56 Å². The average Bonchev–Trinajstić information content (AvgIpc) is 2.99. The highest BCUT2D eigenvalue weighted by atomic mass is 35.5. The summed E-state index contributed by atoms with van der Waals surface area (Å²) in [5.41, 5.74) is 0.253. The van der Waals surface area contributed by atoms with Crippen LogP contribution in [0.15, 0.2) is 88.6 Å². The maximum atomic E-state index is 13.6. The van der Waals surface area contributed by atoms with Gasteiger partial charge in [0, 0.05) is 38.8 Å². The fourth-order valence-electron chi connectivity index (χ4n) is 5.45. The number of phenolic OH excluding ortho intramolecular Hbond substituents is 1. The molecule has 0 saturated carbocycles. The number of halogens is 4. The van der Waals surface area contributed by atoms with Crippen molar-refractivity contribution in [2.45, 2.75) is 43.0 Å². The highest BCUT2D eigenvalue weighted by Crippen LogP contribution is 2.42. The van der Waals surface area contributed by atoms with Gasteiger partial charge in [-0.05, 0) is 86.1 Å². The molecule has 1 aromatic heterocycles. The zero-order valence-corrected chi connectivity index (χ0v) is 25.7. The van der Waals surface area contributed by atoms with Gasteiger partial charge >= 0.3 is 6.18 Å². The van der Waals surface area contributed by atoms with E-state index in [2.05, 4.69) is 47.1 Å². The number of aliphatic hydroxyl groups is 1. The zero-order chi connectivity index (χ0) is 31.6. The van der Waals surface area contributed by atoms with Crippen LogP contribution in [0.1, 0.15) is 36.9 Å². The Hall–Kier alpha value is -3.50. The van der Waals surface area contributed by atoms with Crippen molar-refractivity contribution < 1.29 is 23.4 Å². The van der Waals surface area contributed by atoms with Crippen molar-refractivity contribution in [1.82, 2.24) is 9.88 Å². The van der Waals surface area contributed by atoms with Gasteiger partial charge in [0.15, 0.2) is 0 Å². The summed E-state index contributed by atoms with van der Waals surface area (Å²) in [6.07, 6.45) is -4.24. The van der Waals surface area contributed by atoms with E-state index in [1.165, 1.54) is 40.6 Å². The van der Waals surface area contributed by atoms with Crippen LogP contribution in [0, 0.1) is 0 Å². The van der Waals surface area contributed by atoms with E-state index >= 15 is 0 Å². The molecule has 5 rings (SSSR count). The molecule has 0 radical (unpaired) electrons. The van der Waals surface area contributed by atoms with E-state index in [4.69, 9.17) is 11.6 Å². The number of aromatic hydroxyl groups is 1. The lowest BCUT2D eigenvalue weighted by Crippen LogP contribution is -2.25.